The molecule has 124 valence electrons. The van der Waals surface area contributed by atoms with E-state index in [0.29, 0.717) is 12.2 Å². The standard InChI is InChI=1S/C19H22N4O/c1-4-14(2)23(13-15-9-11-20-12-10-15)19(24)18-16-7-5-6-8-17(16)22(3)21-18/h5-12,14H,4,13H2,1-3H3/t14-/m1/s1. The van der Waals surface area contributed by atoms with Crippen LogP contribution >= 0.6 is 0 Å². The summed E-state index contributed by atoms with van der Waals surface area (Å²) >= 11 is 0. The van der Waals surface area contributed by atoms with Crippen molar-refractivity contribution >= 4 is 16.8 Å². The molecule has 2 heterocycles. The first kappa shape index (κ1) is 16.2. The average molecular weight is 322 g/mol. The molecule has 1 aromatic carbocycles. The third-order valence-corrected chi connectivity index (χ3v) is 4.45. The molecular weight excluding hydrogens is 300 g/mol. The molecule has 0 aliphatic carbocycles. The molecule has 0 N–H and O–H groups in total. The van der Waals surface area contributed by atoms with E-state index in [1.54, 1.807) is 17.1 Å². The fraction of sp³-hybridized carbons (Fsp3) is 0.316. The van der Waals surface area contributed by atoms with Crippen LogP contribution in [0.5, 0.6) is 0 Å². The minimum absolute atomic E-state index is 0.0297. The number of hydrogen-bond donors (Lipinski definition) is 0. The van der Waals surface area contributed by atoms with Crippen LogP contribution in [0.2, 0.25) is 0 Å². The van der Waals surface area contributed by atoms with Crippen molar-refractivity contribution < 1.29 is 4.79 Å². The lowest BCUT2D eigenvalue weighted by Crippen LogP contribution is -2.38. The van der Waals surface area contributed by atoms with Crippen molar-refractivity contribution in [3.8, 4) is 0 Å². The second kappa shape index (κ2) is 6.83. The number of para-hydroxylation sites is 1. The van der Waals surface area contributed by atoms with Crippen molar-refractivity contribution in [1.82, 2.24) is 19.7 Å². The quantitative estimate of drug-likeness (QED) is 0.723. The van der Waals surface area contributed by atoms with E-state index in [1.165, 1.54) is 0 Å². The third kappa shape index (κ3) is 3.02. The van der Waals surface area contributed by atoms with E-state index >= 15 is 0 Å². The zero-order chi connectivity index (χ0) is 17.1. The van der Waals surface area contributed by atoms with Crippen LogP contribution in [-0.4, -0.2) is 31.6 Å². The lowest BCUT2D eigenvalue weighted by molar-refractivity contribution is 0.0666. The summed E-state index contributed by atoms with van der Waals surface area (Å²) in [7, 11) is 1.87. The maximum atomic E-state index is 13.2. The first-order valence-corrected chi connectivity index (χ1v) is 8.23. The number of benzene rings is 1. The number of aromatic nitrogens is 3. The molecule has 0 saturated heterocycles. The summed E-state index contributed by atoms with van der Waals surface area (Å²) in [6.45, 7) is 4.72. The van der Waals surface area contributed by atoms with Gasteiger partial charge >= 0.3 is 0 Å². The molecule has 0 aliphatic rings. The van der Waals surface area contributed by atoms with Gasteiger partial charge in [0.1, 0.15) is 0 Å². The summed E-state index contributed by atoms with van der Waals surface area (Å²) in [6, 6.07) is 11.9. The Balaban J connectivity index is 1.99. The minimum Gasteiger partial charge on any atom is -0.330 e. The van der Waals surface area contributed by atoms with Gasteiger partial charge in [-0.2, -0.15) is 5.10 Å². The smallest absolute Gasteiger partial charge is 0.275 e. The summed E-state index contributed by atoms with van der Waals surface area (Å²) in [5, 5.41) is 5.38. The molecule has 1 atom stereocenters. The summed E-state index contributed by atoms with van der Waals surface area (Å²) < 4.78 is 1.77. The van der Waals surface area contributed by atoms with Gasteiger partial charge in [0.2, 0.25) is 0 Å². The molecule has 5 nitrogen and oxygen atoms in total. The van der Waals surface area contributed by atoms with E-state index in [1.807, 2.05) is 48.3 Å². The largest absolute Gasteiger partial charge is 0.330 e. The Hall–Kier alpha value is -2.69. The lowest BCUT2D eigenvalue weighted by atomic mass is 10.1. The van der Waals surface area contributed by atoms with Crippen LogP contribution in [0.3, 0.4) is 0 Å². The molecule has 0 aliphatic heterocycles. The van der Waals surface area contributed by atoms with Gasteiger partial charge in [-0.15, -0.1) is 0 Å². The van der Waals surface area contributed by atoms with Crippen LogP contribution in [-0.2, 0) is 13.6 Å². The van der Waals surface area contributed by atoms with Crippen molar-refractivity contribution in [2.75, 3.05) is 0 Å². The predicted octanol–water partition coefficient (Wildman–Crippen LogP) is 3.41. The van der Waals surface area contributed by atoms with E-state index in [9.17, 15) is 4.79 Å². The number of nitrogens with zero attached hydrogens (tertiary/aromatic N) is 4. The van der Waals surface area contributed by atoms with Gasteiger partial charge in [0, 0.05) is 37.4 Å². The van der Waals surface area contributed by atoms with E-state index in [0.717, 1.165) is 22.9 Å². The molecule has 0 spiro atoms. The molecule has 3 rings (SSSR count). The van der Waals surface area contributed by atoms with E-state index in [-0.39, 0.29) is 11.9 Å². The van der Waals surface area contributed by atoms with Crippen molar-refractivity contribution in [1.29, 1.82) is 0 Å². The van der Waals surface area contributed by atoms with Crippen LogP contribution in [0.15, 0.2) is 48.8 Å². The Morgan fingerprint density at radius 2 is 1.92 bits per heavy atom. The maximum Gasteiger partial charge on any atom is 0.275 e. The second-order valence-corrected chi connectivity index (χ2v) is 6.04. The molecule has 0 fully saturated rings. The molecule has 3 aromatic rings. The van der Waals surface area contributed by atoms with Crippen LogP contribution in [0.25, 0.3) is 10.9 Å². The van der Waals surface area contributed by atoms with Gasteiger partial charge in [0.25, 0.3) is 5.91 Å². The van der Waals surface area contributed by atoms with Crippen molar-refractivity contribution in [2.45, 2.75) is 32.9 Å². The van der Waals surface area contributed by atoms with Gasteiger partial charge in [-0.3, -0.25) is 14.5 Å². The van der Waals surface area contributed by atoms with Crippen LogP contribution < -0.4 is 0 Å². The predicted molar refractivity (Wildman–Crippen MR) is 94.6 cm³/mol. The van der Waals surface area contributed by atoms with Crippen molar-refractivity contribution in [3.63, 3.8) is 0 Å². The topological polar surface area (TPSA) is 51.0 Å². The highest BCUT2D eigenvalue weighted by atomic mass is 16.2. The number of rotatable bonds is 5. The molecule has 0 saturated carbocycles. The average Bonchev–Trinajstić information content (AvgIpc) is 2.96. The van der Waals surface area contributed by atoms with E-state index < -0.39 is 0 Å². The van der Waals surface area contributed by atoms with Crippen LogP contribution in [0.1, 0.15) is 36.3 Å². The van der Waals surface area contributed by atoms with Gasteiger partial charge in [-0.05, 0) is 37.1 Å². The van der Waals surface area contributed by atoms with E-state index in [2.05, 4.69) is 23.9 Å². The first-order valence-electron chi connectivity index (χ1n) is 8.23. The Kier molecular flexibility index (Phi) is 4.60. The van der Waals surface area contributed by atoms with Crippen LogP contribution in [0, 0.1) is 0 Å². The number of fused-ring (bicyclic) bond motifs is 1. The van der Waals surface area contributed by atoms with Gasteiger partial charge < -0.3 is 4.90 Å². The van der Waals surface area contributed by atoms with Crippen molar-refractivity contribution in [3.05, 3.63) is 60.0 Å². The Morgan fingerprint density at radius 1 is 1.21 bits per heavy atom. The summed E-state index contributed by atoms with van der Waals surface area (Å²) in [4.78, 5) is 19.2. The fourth-order valence-electron chi connectivity index (χ4n) is 2.84. The summed E-state index contributed by atoms with van der Waals surface area (Å²) in [5.41, 5.74) is 2.55. The zero-order valence-electron chi connectivity index (χ0n) is 14.3. The van der Waals surface area contributed by atoms with Gasteiger partial charge in [0.15, 0.2) is 5.69 Å². The molecule has 0 bridgehead atoms. The highest BCUT2D eigenvalue weighted by Gasteiger charge is 2.25. The van der Waals surface area contributed by atoms with Crippen LogP contribution in [0.4, 0.5) is 0 Å². The number of pyridine rings is 1. The molecule has 0 radical (unpaired) electrons. The molecule has 0 unspecified atom stereocenters. The Bertz CT molecular complexity index is 841. The number of aryl methyl sites for hydroxylation is 1. The molecule has 2 aromatic heterocycles. The first-order chi connectivity index (χ1) is 11.6. The monoisotopic (exact) mass is 322 g/mol. The highest BCUT2D eigenvalue weighted by molar-refractivity contribution is 6.04. The number of amides is 1. The third-order valence-electron chi connectivity index (χ3n) is 4.45. The normalized spacial score (nSPS) is 12.3. The Labute approximate surface area is 141 Å². The molecule has 1 amide bonds. The Morgan fingerprint density at radius 3 is 2.62 bits per heavy atom. The van der Waals surface area contributed by atoms with Gasteiger partial charge in [0.05, 0.1) is 5.52 Å². The molecule has 24 heavy (non-hydrogen) atoms. The number of carbonyl (C=O) groups is 1. The fourth-order valence-corrected chi connectivity index (χ4v) is 2.84. The maximum absolute atomic E-state index is 13.2. The lowest BCUT2D eigenvalue weighted by Gasteiger charge is -2.28. The molecule has 5 heteroatoms. The second-order valence-electron chi connectivity index (χ2n) is 6.04. The van der Waals surface area contributed by atoms with Gasteiger partial charge in [-0.1, -0.05) is 25.1 Å². The minimum atomic E-state index is -0.0297. The summed E-state index contributed by atoms with van der Waals surface area (Å²) in [5.74, 6) is -0.0297. The number of hydrogen-bond acceptors (Lipinski definition) is 3. The zero-order valence-corrected chi connectivity index (χ0v) is 14.3. The van der Waals surface area contributed by atoms with Crippen molar-refractivity contribution in [2.24, 2.45) is 7.05 Å². The highest BCUT2D eigenvalue weighted by Crippen LogP contribution is 2.21. The SMILES string of the molecule is CC[C@@H](C)N(Cc1ccncc1)C(=O)c1nn(C)c2ccccc12. The molecular formula is C19H22N4O. The van der Waals surface area contributed by atoms with Gasteiger partial charge in [-0.25, -0.2) is 0 Å². The van der Waals surface area contributed by atoms with E-state index in [4.69, 9.17) is 0 Å². The number of carbonyl (C=O) groups excluding carboxylic acids is 1. The summed E-state index contributed by atoms with van der Waals surface area (Å²) in [6.07, 6.45) is 4.40.